The topological polar surface area (TPSA) is 422 Å². The van der Waals surface area contributed by atoms with Crippen molar-refractivity contribution >= 4 is 138 Å². The molecule has 500 valence electrons. The Morgan fingerprint density at radius 3 is 1.23 bits per heavy atom. The molecule has 27 nitrogen and oxygen atoms in total. The number of aromatic nitrogens is 10. The Kier molecular flexibility index (Phi) is 31.6. The van der Waals surface area contributed by atoms with Crippen LogP contribution in [-0.2, 0) is 14.2 Å². The van der Waals surface area contributed by atoms with Gasteiger partial charge in [0.15, 0.2) is 0 Å². The van der Waals surface area contributed by atoms with E-state index < -0.39 is 23.9 Å². The minimum atomic E-state index is -0.992. The molecule has 14 N–H and O–H groups in total. The maximum absolute atomic E-state index is 11.9. The third-order valence-corrected chi connectivity index (χ3v) is 14.1. The number of carboxylic acids is 1. The van der Waals surface area contributed by atoms with Gasteiger partial charge >= 0.3 is 53.4 Å². The molecule has 10 heterocycles. The van der Waals surface area contributed by atoms with Crippen LogP contribution in [0, 0.1) is 0 Å². The van der Waals surface area contributed by atoms with E-state index >= 15 is 0 Å². The average Bonchev–Trinajstić information content (AvgIpc) is 1.58. The molecule has 14 rings (SSSR count). The maximum Gasteiger partial charge on any atom is 1.00 e. The molecule has 4 fully saturated rings. The second-order valence-electron chi connectivity index (χ2n) is 20.7. The van der Waals surface area contributed by atoms with Gasteiger partial charge in [0.2, 0.25) is 0 Å². The fourth-order valence-corrected chi connectivity index (χ4v) is 8.57. The Morgan fingerprint density at radius 1 is 0.479 bits per heavy atom. The average molecular weight is 1380 g/mol. The summed E-state index contributed by atoms with van der Waals surface area (Å²) in [5.41, 5.74) is 16.5. The summed E-state index contributed by atoms with van der Waals surface area (Å²) in [7, 11) is 3.98. The van der Waals surface area contributed by atoms with Gasteiger partial charge in [-0.1, -0.05) is 49.7 Å². The van der Waals surface area contributed by atoms with E-state index in [-0.39, 0.29) is 77.3 Å². The molecule has 0 atom stereocenters. The second kappa shape index (κ2) is 38.3. The molecule has 4 aliphatic carbocycles. The minimum Gasteiger partial charge on any atom is -0.870 e. The van der Waals surface area contributed by atoms with E-state index in [9.17, 15) is 24.3 Å². The van der Waals surface area contributed by atoms with Gasteiger partial charge in [-0.2, -0.15) is 0 Å². The summed E-state index contributed by atoms with van der Waals surface area (Å²) in [6.07, 6.45) is 25.1. The largest absolute Gasteiger partial charge is 1.00 e. The van der Waals surface area contributed by atoms with E-state index in [1.807, 2.05) is 54.6 Å². The number of nitrogens with two attached hydrogens (primary N) is 2. The molecule has 0 aromatic carbocycles. The minimum absolute atomic E-state index is 0. The number of methoxy groups -OCH3 is 3. The number of rotatable bonds is 14. The van der Waals surface area contributed by atoms with Gasteiger partial charge in [0.1, 0.15) is 56.1 Å². The molecule has 0 aliphatic heterocycles. The first-order chi connectivity index (χ1) is 44.0. The molecule has 10 aromatic rings. The molecular weight excluding hydrogens is 1310 g/mol. The van der Waals surface area contributed by atoms with Gasteiger partial charge in [-0.25, -0.2) is 54.1 Å². The molecule has 0 amide bonds. The SMILES string of the molecule is C.C.COC(=O)c1cnc(Cl)cc1Cl.COC(=O)c1cnc(Cl)cc1NC1CC1.COC(=O)c1cnc(Nc2ccc3cnccc3n2)cc1NC1CC1.N.NC1CC1.Nc1ccc2cnccc2n1.O=C(O)c1cnc(Nc2ccc3cnccc3n2)cc1NC1CC1.[Na+].[OH-]. The summed E-state index contributed by atoms with van der Waals surface area (Å²) in [6, 6.07) is 25.1. The zero-order chi connectivity index (χ0) is 64.4. The predicted molar refractivity (Wildman–Crippen MR) is 370 cm³/mol. The normalized spacial score (nSPS) is 12.7. The first-order valence-electron chi connectivity index (χ1n) is 28.4. The van der Waals surface area contributed by atoms with Crippen LogP contribution in [0.2, 0.25) is 15.3 Å². The van der Waals surface area contributed by atoms with Crippen molar-refractivity contribution in [2.24, 2.45) is 5.73 Å². The van der Waals surface area contributed by atoms with Crippen molar-refractivity contribution in [3.8, 4) is 0 Å². The molecule has 0 bridgehead atoms. The van der Waals surface area contributed by atoms with Crippen LogP contribution in [0.1, 0.15) is 108 Å². The molecule has 96 heavy (non-hydrogen) atoms. The van der Waals surface area contributed by atoms with Gasteiger partial charge < -0.3 is 69.0 Å². The molecule has 31 heteroatoms. The standard InChI is InChI=1S/C18H17N5O2.C17H15N5O2.C10H11ClN2O2.C8H7N3.C7H5Cl2NO2.C3H7N.2CH4.H3N.Na.H2O/c1-25-18(24)13-10-20-17(8-15(13)21-12-3-4-12)23-16-5-2-11-9-19-7-6-14(11)22-16;23-17(24)12-9-19-16(7-14(12)20-11-2-3-11)22-15-4-1-10-8-18-6-5-13(10)21-15;1-15-10(14)7-5-12-9(11)4-8(7)13-6-2-3-6;9-8-2-1-6-5-10-4-3-7(6)11-8;1-12-7(11)4-3-10-6(9)2-5(4)8;4-3-1-2-3;;;;;/h2,5-10,12H,3-4H2,1H3,(H2,20,21,22,23);1,4-9,11H,2-3H2,(H,23,24)(H2,19,20,21,22);4-6H,2-3H2,1H3,(H,12,13);1-5H,(H2,9,11);2-3H,1H3;3H,1-2,4H2;2*1H4;1H3;;1H2/q;;;;;;;;;+1;/p-1. The number of nitrogens with zero attached hydrogens (tertiary/aromatic N) is 10. The molecule has 0 saturated heterocycles. The summed E-state index contributed by atoms with van der Waals surface area (Å²) in [4.78, 5) is 86.9. The second-order valence-corrected chi connectivity index (χ2v) is 21.9. The van der Waals surface area contributed by atoms with Crippen LogP contribution in [0.25, 0.3) is 32.7 Å². The number of fused-ring (bicyclic) bond motifs is 3. The van der Waals surface area contributed by atoms with Gasteiger partial charge in [0, 0.05) is 114 Å². The van der Waals surface area contributed by atoms with Crippen molar-refractivity contribution < 1.29 is 73.5 Å². The van der Waals surface area contributed by atoms with Crippen LogP contribution in [0.5, 0.6) is 0 Å². The van der Waals surface area contributed by atoms with Crippen molar-refractivity contribution in [3.63, 3.8) is 0 Å². The number of pyridine rings is 10. The maximum atomic E-state index is 11.9. The summed E-state index contributed by atoms with van der Waals surface area (Å²) < 4.78 is 13.9. The van der Waals surface area contributed by atoms with Crippen LogP contribution in [0.4, 0.5) is 46.2 Å². The number of hydrogen-bond acceptors (Lipinski definition) is 26. The molecule has 0 spiro atoms. The number of carbonyl (C=O) groups excluding carboxylic acids is 3. The van der Waals surface area contributed by atoms with Crippen LogP contribution in [0.3, 0.4) is 0 Å². The molecule has 4 saturated carbocycles. The fraction of sp³-hybridized carbons (Fsp3) is 0.262. The smallest absolute Gasteiger partial charge is 0.870 e. The van der Waals surface area contributed by atoms with E-state index in [0.717, 1.165) is 76.9 Å². The van der Waals surface area contributed by atoms with Gasteiger partial charge in [-0.3, -0.25) is 15.0 Å². The number of anilines is 8. The molecule has 10 aromatic heterocycles. The summed E-state index contributed by atoms with van der Waals surface area (Å²) in [6.45, 7) is 0. The molecule has 4 aliphatic rings. The number of aromatic carboxylic acids is 1. The Balaban J connectivity index is 0.000000256. The zero-order valence-corrected chi connectivity index (χ0v) is 55.7. The van der Waals surface area contributed by atoms with E-state index in [1.54, 1.807) is 55.4 Å². The van der Waals surface area contributed by atoms with Gasteiger partial charge in [0.25, 0.3) is 0 Å². The van der Waals surface area contributed by atoms with Crippen molar-refractivity contribution in [2.45, 2.75) is 90.4 Å². The monoisotopic (exact) mass is 1380 g/mol. The van der Waals surface area contributed by atoms with Crippen molar-refractivity contribution in [2.75, 3.05) is 53.6 Å². The van der Waals surface area contributed by atoms with Gasteiger partial charge in [-0.15, -0.1) is 0 Å². The van der Waals surface area contributed by atoms with E-state index in [2.05, 4.69) is 85.9 Å². The van der Waals surface area contributed by atoms with E-state index in [4.69, 9.17) is 51.0 Å². The van der Waals surface area contributed by atoms with Gasteiger partial charge in [0.05, 0.1) is 65.5 Å². The number of nitrogen functional groups attached to an aromatic ring is 1. The van der Waals surface area contributed by atoms with Crippen LogP contribution >= 0.6 is 34.8 Å². The van der Waals surface area contributed by atoms with Crippen LogP contribution in [-0.4, -0.2) is 130 Å². The number of esters is 3. The zero-order valence-electron chi connectivity index (χ0n) is 51.5. The summed E-state index contributed by atoms with van der Waals surface area (Å²) in [5.74, 6) is 0.694. The third-order valence-electron chi connectivity index (χ3n) is 13.4. The third kappa shape index (κ3) is 24.2. The first kappa shape index (κ1) is 79.1. The number of halogens is 3. The van der Waals surface area contributed by atoms with E-state index in [0.29, 0.717) is 80.9 Å². The summed E-state index contributed by atoms with van der Waals surface area (Å²) in [5, 5.41) is 29.2. The molecule has 0 radical (unpaired) electrons. The first-order valence-corrected chi connectivity index (χ1v) is 29.6. The van der Waals surface area contributed by atoms with Crippen molar-refractivity contribution in [1.29, 1.82) is 0 Å². The van der Waals surface area contributed by atoms with Crippen LogP contribution in [0.15, 0.2) is 141 Å². The fourth-order valence-electron chi connectivity index (χ4n) is 7.97. The number of ether oxygens (including phenoxy) is 3. The molecule has 0 unspecified atom stereocenters. The van der Waals surface area contributed by atoms with Crippen molar-refractivity contribution in [1.82, 2.24) is 56.0 Å². The number of carbonyl (C=O) groups is 4. The summed E-state index contributed by atoms with van der Waals surface area (Å²) >= 11 is 17.0. The Morgan fingerprint density at radius 2 is 0.833 bits per heavy atom. The Bertz CT molecular complexity index is 4230. The number of nitrogens with one attached hydrogen (secondary N) is 5. The Labute approximate surface area is 591 Å². The number of carboxylic acid groups (broad SMARTS) is 1. The van der Waals surface area contributed by atoms with Gasteiger partial charge in [-0.05, 0) is 118 Å². The van der Waals surface area contributed by atoms with Crippen LogP contribution < -0.4 is 73.8 Å². The number of hydrogen-bond donors (Lipinski definition) is 9. The quantitative estimate of drug-likeness (QED) is 0.0211. The van der Waals surface area contributed by atoms with E-state index in [1.165, 1.54) is 65.0 Å². The molecular formula is C65H74Cl3N18NaO9. The Hall–Kier alpha value is -9.29. The predicted octanol–water partition coefficient (Wildman–Crippen LogP) is 10.0. The van der Waals surface area contributed by atoms with Crippen molar-refractivity contribution in [3.05, 3.63) is 178 Å².